The van der Waals surface area contributed by atoms with Crippen molar-refractivity contribution in [3.8, 4) is 0 Å². The summed E-state index contributed by atoms with van der Waals surface area (Å²) in [5, 5.41) is 6.13. The lowest BCUT2D eigenvalue weighted by atomic mass is 10.1. The van der Waals surface area contributed by atoms with Crippen molar-refractivity contribution < 1.29 is 14.2 Å². The summed E-state index contributed by atoms with van der Waals surface area (Å²) in [6.07, 6.45) is 4.77. The fourth-order valence-electron chi connectivity index (χ4n) is 3.29. The highest BCUT2D eigenvalue weighted by Crippen LogP contribution is 2.33. The van der Waals surface area contributed by atoms with Crippen LogP contribution in [0.15, 0.2) is 10.6 Å². The van der Waals surface area contributed by atoms with E-state index in [0.717, 1.165) is 56.8 Å². The standard InChI is InChI=1S/C17H27N3O3/c1-13(2)16-12-14(18-23-16)15-6-5-9-20(15)17(21)7-10-19-8-3-4-11-22-19/h12-13,15H,3-11H2,1-2H3. The molecular weight excluding hydrogens is 294 g/mol. The van der Waals surface area contributed by atoms with Crippen LogP contribution in [0.1, 0.15) is 69.4 Å². The molecule has 2 aliphatic heterocycles. The Hall–Kier alpha value is -1.40. The maximum atomic E-state index is 12.6. The van der Waals surface area contributed by atoms with Crippen LogP contribution in [0, 0.1) is 0 Å². The molecule has 3 heterocycles. The first-order chi connectivity index (χ1) is 11.1. The van der Waals surface area contributed by atoms with E-state index in [0.29, 0.717) is 18.9 Å². The first-order valence-electron chi connectivity index (χ1n) is 8.79. The van der Waals surface area contributed by atoms with Crippen LogP contribution in [-0.4, -0.2) is 47.3 Å². The molecule has 0 aromatic carbocycles. The molecule has 0 N–H and O–H groups in total. The Balaban J connectivity index is 1.57. The summed E-state index contributed by atoms with van der Waals surface area (Å²) in [6.45, 7) is 7.36. The number of aromatic nitrogens is 1. The Labute approximate surface area is 137 Å². The predicted octanol–water partition coefficient (Wildman–Crippen LogP) is 2.88. The SMILES string of the molecule is CC(C)c1cc(C2CCCN2C(=O)CCN2CCCCO2)no1. The Morgan fingerprint density at radius 3 is 2.91 bits per heavy atom. The fourth-order valence-corrected chi connectivity index (χ4v) is 3.29. The van der Waals surface area contributed by atoms with Gasteiger partial charge in [-0.3, -0.25) is 9.63 Å². The highest BCUT2D eigenvalue weighted by molar-refractivity contribution is 5.77. The molecule has 0 saturated carbocycles. The van der Waals surface area contributed by atoms with E-state index < -0.39 is 0 Å². The summed E-state index contributed by atoms with van der Waals surface area (Å²) in [5.74, 6) is 1.40. The summed E-state index contributed by atoms with van der Waals surface area (Å²) in [5.41, 5.74) is 0.897. The van der Waals surface area contributed by atoms with Crippen LogP contribution in [0.3, 0.4) is 0 Å². The minimum atomic E-state index is 0.0704. The molecule has 128 valence electrons. The number of likely N-dealkylation sites (tertiary alicyclic amines) is 1. The number of nitrogens with zero attached hydrogens (tertiary/aromatic N) is 3. The zero-order valence-electron chi connectivity index (χ0n) is 14.2. The number of carbonyl (C=O) groups excluding carboxylic acids is 1. The third-order valence-electron chi connectivity index (χ3n) is 4.68. The second-order valence-electron chi connectivity index (χ2n) is 6.77. The van der Waals surface area contributed by atoms with E-state index in [9.17, 15) is 4.79 Å². The molecule has 1 unspecified atom stereocenters. The lowest BCUT2D eigenvalue weighted by Gasteiger charge is -2.28. The summed E-state index contributed by atoms with van der Waals surface area (Å²) < 4.78 is 5.41. The van der Waals surface area contributed by atoms with E-state index in [1.165, 1.54) is 0 Å². The quantitative estimate of drug-likeness (QED) is 0.834. The molecule has 1 atom stereocenters. The Morgan fingerprint density at radius 1 is 1.35 bits per heavy atom. The highest BCUT2D eigenvalue weighted by Gasteiger charge is 2.32. The zero-order chi connectivity index (χ0) is 16.2. The molecule has 1 aromatic rings. The third kappa shape index (κ3) is 3.93. The van der Waals surface area contributed by atoms with Crippen molar-refractivity contribution in [2.75, 3.05) is 26.2 Å². The van der Waals surface area contributed by atoms with Gasteiger partial charge in [-0.15, -0.1) is 0 Å². The first-order valence-corrected chi connectivity index (χ1v) is 8.79. The van der Waals surface area contributed by atoms with Gasteiger partial charge in [-0.05, 0) is 25.7 Å². The van der Waals surface area contributed by atoms with Crippen molar-refractivity contribution in [3.05, 3.63) is 17.5 Å². The zero-order valence-corrected chi connectivity index (χ0v) is 14.2. The summed E-state index contributed by atoms with van der Waals surface area (Å²) in [6, 6.07) is 2.08. The van der Waals surface area contributed by atoms with Crippen molar-refractivity contribution in [3.63, 3.8) is 0 Å². The molecule has 6 heteroatoms. The molecule has 3 rings (SSSR count). The van der Waals surface area contributed by atoms with Crippen molar-refractivity contribution in [2.24, 2.45) is 0 Å². The summed E-state index contributed by atoms with van der Waals surface area (Å²) in [4.78, 5) is 20.1. The van der Waals surface area contributed by atoms with Gasteiger partial charge in [-0.1, -0.05) is 19.0 Å². The Morgan fingerprint density at radius 2 is 2.22 bits per heavy atom. The monoisotopic (exact) mass is 321 g/mol. The van der Waals surface area contributed by atoms with Crippen molar-refractivity contribution >= 4 is 5.91 Å². The predicted molar refractivity (Wildman–Crippen MR) is 85.7 cm³/mol. The number of hydrogen-bond donors (Lipinski definition) is 0. The van der Waals surface area contributed by atoms with Gasteiger partial charge < -0.3 is 9.42 Å². The summed E-state index contributed by atoms with van der Waals surface area (Å²) >= 11 is 0. The molecule has 6 nitrogen and oxygen atoms in total. The van der Waals surface area contributed by atoms with Crippen LogP contribution >= 0.6 is 0 Å². The van der Waals surface area contributed by atoms with Crippen LogP contribution in [-0.2, 0) is 9.63 Å². The fraction of sp³-hybridized carbons (Fsp3) is 0.765. The maximum Gasteiger partial charge on any atom is 0.224 e. The van der Waals surface area contributed by atoms with Gasteiger partial charge in [0.2, 0.25) is 5.91 Å². The van der Waals surface area contributed by atoms with Gasteiger partial charge >= 0.3 is 0 Å². The average Bonchev–Trinajstić information content (AvgIpc) is 3.22. The largest absolute Gasteiger partial charge is 0.361 e. The van der Waals surface area contributed by atoms with Crippen LogP contribution in [0.25, 0.3) is 0 Å². The van der Waals surface area contributed by atoms with E-state index >= 15 is 0 Å². The highest BCUT2D eigenvalue weighted by atomic mass is 16.7. The molecular formula is C17H27N3O3. The van der Waals surface area contributed by atoms with Crippen molar-refractivity contribution in [2.45, 2.75) is 57.9 Å². The van der Waals surface area contributed by atoms with Gasteiger partial charge in [-0.2, -0.15) is 5.06 Å². The lowest BCUT2D eigenvalue weighted by molar-refractivity contribution is -0.182. The van der Waals surface area contributed by atoms with E-state index in [1.54, 1.807) is 0 Å². The Kier molecular flexibility index (Phi) is 5.33. The normalized spacial score (nSPS) is 22.9. The van der Waals surface area contributed by atoms with E-state index in [-0.39, 0.29) is 11.9 Å². The van der Waals surface area contributed by atoms with Crippen molar-refractivity contribution in [1.82, 2.24) is 15.1 Å². The average molecular weight is 321 g/mol. The minimum Gasteiger partial charge on any atom is -0.361 e. The van der Waals surface area contributed by atoms with E-state index in [1.807, 2.05) is 16.0 Å². The molecule has 2 aliphatic rings. The van der Waals surface area contributed by atoms with Crippen LogP contribution in [0.4, 0.5) is 0 Å². The van der Waals surface area contributed by atoms with Gasteiger partial charge in [0.25, 0.3) is 0 Å². The Bertz CT molecular complexity index is 523. The van der Waals surface area contributed by atoms with Crippen LogP contribution in [0.2, 0.25) is 0 Å². The number of hydrogen-bond acceptors (Lipinski definition) is 5. The molecule has 2 saturated heterocycles. The van der Waals surface area contributed by atoms with Gasteiger partial charge in [0.05, 0.1) is 12.6 Å². The molecule has 0 radical (unpaired) electrons. The minimum absolute atomic E-state index is 0.0704. The van der Waals surface area contributed by atoms with Gasteiger partial charge in [0, 0.05) is 38.0 Å². The molecule has 0 aliphatic carbocycles. The van der Waals surface area contributed by atoms with Gasteiger partial charge in [0.15, 0.2) is 0 Å². The molecule has 23 heavy (non-hydrogen) atoms. The molecule has 1 aromatic heterocycles. The van der Waals surface area contributed by atoms with Gasteiger partial charge in [-0.25, -0.2) is 0 Å². The number of carbonyl (C=O) groups is 1. The number of hydroxylamine groups is 2. The smallest absolute Gasteiger partial charge is 0.224 e. The van der Waals surface area contributed by atoms with E-state index in [4.69, 9.17) is 9.36 Å². The molecule has 1 amide bonds. The second-order valence-corrected chi connectivity index (χ2v) is 6.77. The maximum absolute atomic E-state index is 12.6. The van der Waals surface area contributed by atoms with E-state index in [2.05, 4.69) is 19.0 Å². The van der Waals surface area contributed by atoms with Crippen LogP contribution < -0.4 is 0 Å². The molecule has 2 fully saturated rings. The molecule has 0 bridgehead atoms. The van der Waals surface area contributed by atoms with Gasteiger partial charge in [0.1, 0.15) is 11.5 Å². The first kappa shape index (κ1) is 16.5. The molecule has 0 spiro atoms. The number of rotatable bonds is 5. The second kappa shape index (κ2) is 7.45. The lowest BCUT2D eigenvalue weighted by Crippen LogP contribution is -2.36. The topological polar surface area (TPSA) is 58.8 Å². The summed E-state index contributed by atoms with van der Waals surface area (Å²) in [7, 11) is 0. The number of amides is 1. The van der Waals surface area contributed by atoms with Crippen LogP contribution in [0.5, 0.6) is 0 Å². The third-order valence-corrected chi connectivity index (χ3v) is 4.68. The van der Waals surface area contributed by atoms with Crippen molar-refractivity contribution in [1.29, 1.82) is 0 Å².